The molecule has 0 N–H and O–H groups in total. The van der Waals surface area contributed by atoms with E-state index in [0.717, 1.165) is 44.6 Å². The van der Waals surface area contributed by atoms with Crippen molar-refractivity contribution in [2.24, 2.45) is 0 Å². The molecule has 3 aromatic rings. The summed E-state index contributed by atoms with van der Waals surface area (Å²) in [5, 5.41) is 3.47. The van der Waals surface area contributed by atoms with Crippen LogP contribution in [-0.4, -0.2) is 42.0 Å². The highest BCUT2D eigenvalue weighted by atomic mass is 35.5. The monoisotopic (exact) mass is 477 g/mol. The molecule has 1 aliphatic rings. The third kappa shape index (κ3) is 5.70. The largest absolute Gasteiger partial charge is 0.368 e. The molecule has 1 saturated heterocycles. The lowest BCUT2D eigenvalue weighted by atomic mass is 10.2. The number of hydrogen-bond donors (Lipinski definition) is 0. The second-order valence-corrected chi connectivity index (χ2v) is 10.00. The molecule has 1 aromatic heterocycles. The molecule has 0 spiro atoms. The van der Waals surface area contributed by atoms with Crippen molar-refractivity contribution < 1.29 is 4.79 Å². The summed E-state index contributed by atoms with van der Waals surface area (Å²) in [6, 6.07) is 15.7. The Balaban J connectivity index is 1.26. The molecule has 8 heteroatoms. The van der Waals surface area contributed by atoms with Crippen LogP contribution in [0.15, 0.2) is 58.3 Å². The number of piperazine rings is 1. The van der Waals surface area contributed by atoms with E-state index in [9.17, 15) is 4.79 Å². The zero-order valence-electron chi connectivity index (χ0n) is 16.3. The standard InChI is InChI=1S/C22H21Cl2N3OS2/c23-17-6-4-16(5-7-17)14-29-22-25-19(15-30-22)13-21(28)27-10-8-26(9-11-27)20-3-1-2-18(24)12-20/h1-7,12,15H,8-11,13-14H2. The number of nitrogens with zero attached hydrogens (tertiary/aromatic N) is 3. The Morgan fingerprint density at radius 3 is 2.53 bits per heavy atom. The minimum atomic E-state index is 0.139. The first-order valence-electron chi connectivity index (χ1n) is 9.67. The molecular weight excluding hydrogens is 457 g/mol. The van der Waals surface area contributed by atoms with Crippen LogP contribution in [0.3, 0.4) is 0 Å². The van der Waals surface area contributed by atoms with Crippen LogP contribution in [0, 0.1) is 0 Å². The van der Waals surface area contributed by atoms with E-state index >= 15 is 0 Å². The van der Waals surface area contributed by atoms with Crippen molar-refractivity contribution in [1.29, 1.82) is 0 Å². The van der Waals surface area contributed by atoms with Crippen LogP contribution in [-0.2, 0) is 17.0 Å². The molecule has 156 valence electrons. The van der Waals surface area contributed by atoms with Gasteiger partial charge in [0.1, 0.15) is 4.34 Å². The van der Waals surface area contributed by atoms with Gasteiger partial charge in [-0.1, -0.05) is 53.2 Å². The lowest BCUT2D eigenvalue weighted by Gasteiger charge is -2.36. The quantitative estimate of drug-likeness (QED) is 0.430. The van der Waals surface area contributed by atoms with Crippen LogP contribution in [0.1, 0.15) is 11.3 Å². The van der Waals surface area contributed by atoms with Crippen molar-refractivity contribution in [2.75, 3.05) is 31.1 Å². The predicted molar refractivity (Wildman–Crippen MR) is 127 cm³/mol. The van der Waals surface area contributed by atoms with E-state index in [0.29, 0.717) is 19.5 Å². The van der Waals surface area contributed by atoms with Gasteiger partial charge < -0.3 is 9.80 Å². The summed E-state index contributed by atoms with van der Waals surface area (Å²) in [5.74, 6) is 0.976. The van der Waals surface area contributed by atoms with E-state index in [4.69, 9.17) is 23.2 Å². The lowest BCUT2D eigenvalue weighted by Crippen LogP contribution is -2.49. The highest BCUT2D eigenvalue weighted by Gasteiger charge is 2.22. The van der Waals surface area contributed by atoms with E-state index < -0.39 is 0 Å². The topological polar surface area (TPSA) is 36.4 Å². The number of amides is 1. The number of benzene rings is 2. The number of rotatable bonds is 6. The fourth-order valence-electron chi connectivity index (χ4n) is 3.32. The van der Waals surface area contributed by atoms with Gasteiger partial charge in [-0.25, -0.2) is 4.98 Å². The number of thiazole rings is 1. The summed E-state index contributed by atoms with van der Waals surface area (Å²) in [5.41, 5.74) is 3.16. The van der Waals surface area contributed by atoms with Crippen LogP contribution >= 0.6 is 46.3 Å². The van der Waals surface area contributed by atoms with Gasteiger partial charge in [-0.3, -0.25) is 4.79 Å². The Morgan fingerprint density at radius 2 is 1.80 bits per heavy atom. The average molecular weight is 478 g/mol. The molecule has 0 atom stereocenters. The SMILES string of the molecule is O=C(Cc1csc(SCc2ccc(Cl)cc2)n1)N1CCN(c2cccc(Cl)c2)CC1. The Morgan fingerprint density at radius 1 is 1.03 bits per heavy atom. The molecule has 0 aliphatic carbocycles. The minimum absolute atomic E-state index is 0.139. The van der Waals surface area contributed by atoms with Crippen molar-refractivity contribution >= 4 is 57.9 Å². The average Bonchev–Trinajstić information content (AvgIpc) is 3.21. The molecule has 1 fully saturated rings. The van der Waals surface area contributed by atoms with E-state index in [-0.39, 0.29) is 5.91 Å². The molecule has 4 nitrogen and oxygen atoms in total. The van der Waals surface area contributed by atoms with Crippen molar-refractivity contribution in [3.63, 3.8) is 0 Å². The van der Waals surface area contributed by atoms with Gasteiger partial charge in [0.15, 0.2) is 0 Å². The van der Waals surface area contributed by atoms with Crippen LogP contribution in [0.2, 0.25) is 10.0 Å². The van der Waals surface area contributed by atoms with Crippen LogP contribution in [0.25, 0.3) is 0 Å². The van der Waals surface area contributed by atoms with Gasteiger partial charge in [-0.2, -0.15) is 0 Å². The smallest absolute Gasteiger partial charge is 0.228 e. The molecule has 0 bridgehead atoms. The Bertz CT molecular complexity index is 1000. The molecule has 30 heavy (non-hydrogen) atoms. The summed E-state index contributed by atoms with van der Waals surface area (Å²) in [7, 11) is 0. The maximum Gasteiger partial charge on any atom is 0.228 e. The number of aromatic nitrogens is 1. The van der Waals surface area contributed by atoms with E-state index in [1.165, 1.54) is 5.56 Å². The van der Waals surface area contributed by atoms with Gasteiger partial charge in [0.2, 0.25) is 5.91 Å². The number of hydrogen-bond acceptors (Lipinski definition) is 5. The molecule has 4 rings (SSSR count). The molecule has 0 radical (unpaired) electrons. The summed E-state index contributed by atoms with van der Waals surface area (Å²) in [4.78, 5) is 21.5. The summed E-state index contributed by atoms with van der Waals surface area (Å²) < 4.78 is 0.985. The molecule has 1 amide bonds. The summed E-state index contributed by atoms with van der Waals surface area (Å²) >= 11 is 15.3. The van der Waals surface area contributed by atoms with E-state index in [1.807, 2.05) is 52.7 Å². The molecule has 2 heterocycles. The minimum Gasteiger partial charge on any atom is -0.368 e. The van der Waals surface area contributed by atoms with Crippen molar-refractivity contribution in [1.82, 2.24) is 9.88 Å². The molecule has 1 aliphatic heterocycles. The first-order valence-corrected chi connectivity index (χ1v) is 12.3. The number of carbonyl (C=O) groups is 1. The number of anilines is 1. The Labute approximate surface area is 194 Å². The second kappa shape index (κ2) is 10.1. The van der Waals surface area contributed by atoms with Crippen LogP contribution in [0.5, 0.6) is 0 Å². The fourth-order valence-corrected chi connectivity index (χ4v) is 5.43. The van der Waals surface area contributed by atoms with Gasteiger partial charge in [-0.15, -0.1) is 11.3 Å². The normalized spacial score (nSPS) is 14.2. The molecule has 0 unspecified atom stereocenters. The summed E-state index contributed by atoms with van der Waals surface area (Å²) in [6.07, 6.45) is 0.356. The van der Waals surface area contributed by atoms with E-state index in [1.54, 1.807) is 23.1 Å². The maximum absolute atomic E-state index is 12.7. The van der Waals surface area contributed by atoms with Gasteiger partial charge in [0.05, 0.1) is 12.1 Å². The van der Waals surface area contributed by atoms with Crippen LogP contribution < -0.4 is 4.90 Å². The zero-order valence-corrected chi connectivity index (χ0v) is 19.4. The maximum atomic E-state index is 12.7. The second-order valence-electron chi connectivity index (χ2n) is 7.04. The van der Waals surface area contributed by atoms with Crippen molar-refractivity contribution in [3.8, 4) is 0 Å². The van der Waals surface area contributed by atoms with Crippen molar-refractivity contribution in [3.05, 3.63) is 75.2 Å². The number of thioether (sulfide) groups is 1. The van der Waals surface area contributed by atoms with Crippen molar-refractivity contribution in [2.45, 2.75) is 16.5 Å². The van der Waals surface area contributed by atoms with Gasteiger partial charge in [-0.05, 0) is 35.9 Å². The lowest BCUT2D eigenvalue weighted by molar-refractivity contribution is -0.130. The Kier molecular flexibility index (Phi) is 7.20. The van der Waals surface area contributed by atoms with Gasteiger partial charge >= 0.3 is 0 Å². The van der Waals surface area contributed by atoms with Gasteiger partial charge in [0, 0.05) is 53.0 Å². The predicted octanol–water partition coefficient (Wildman–Crippen LogP) is 5.63. The molecular formula is C22H21Cl2N3OS2. The van der Waals surface area contributed by atoms with Gasteiger partial charge in [0.25, 0.3) is 0 Å². The first-order chi connectivity index (χ1) is 14.6. The zero-order chi connectivity index (χ0) is 20.9. The third-order valence-corrected chi connectivity index (χ3v) is 7.57. The number of carbonyl (C=O) groups excluding carboxylic acids is 1. The summed E-state index contributed by atoms with van der Waals surface area (Å²) in [6.45, 7) is 3.05. The van der Waals surface area contributed by atoms with Crippen LogP contribution in [0.4, 0.5) is 5.69 Å². The first kappa shape index (κ1) is 21.5. The highest BCUT2D eigenvalue weighted by molar-refractivity contribution is 8.00. The number of halogens is 2. The highest BCUT2D eigenvalue weighted by Crippen LogP contribution is 2.27. The fraction of sp³-hybridized carbons (Fsp3) is 0.273. The molecule has 2 aromatic carbocycles. The molecule has 0 saturated carbocycles. The van der Waals surface area contributed by atoms with E-state index in [2.05, 4.69) is 16.0 Å². The Hall–Kier alpha value is -1.73. The third-order valence-electron chi connectivity index (χ3n) is 4.94.